The minimum Gasteiger partial charge on any atom is -0.382 e. The molecular formula is C23H22N6O. The second kappa shape index (κ2) is 6.95. The lowest BCUT2D eigenvalue weighted by atomic mass is 9.81. The minimum absolute atomic E-state index is 0.00914. The topological polar surface area (TPSA) is 98.2 Å². The monoisotopic (exact) mass is 398 g/mol. The summed E-state index contributed by atoms with van der Waals surface area (Å²) < 4.78 is 1.88. The number of nitrogen functional groups attached to an aromatic ring is 1. The molecule has 1 unspecified atom stereocenters. The quantitative estimate of drug-likeness (QED) is 0.516. The van der Waals surface area contributed by atoms with E-state index in [0.717, 1.165) is 39.7 Å². The predicted molar refractivity (Wildman–Crippen MR) is 117 cm³/mol. The van der Waals surface area contributed by atoms with E-state index >= 15 is 0 Å². The standard InChI is InChI=1S/C23H22N6O/c1-3-19(30)28-16-8-13(2)20-18(10-16)29-22(23(24)26-12-27-29)21(20)15-9-14-6-4-5-7-17(14)25-11-15/h3-7,9,11-13,16H,1,8,10H2,2H3,(H,28,30)(H2,24,26,27)/t13-,16?/m0/s1. The molecule has 1 aliphatic carbocycles. The van der Waals surface area contributed by atoms with Crippen LogP contribution in [0.4, 0.5) is 5.82 Å². The fourth-order valence-electron chi connectivity index (χ4n) is 4.65. The number of para-hydroxylation sites is 1. The highest BCUT2D eigenvalue weighted by Crippen LogP contribution is 2.44. The summed E-state index contributed by atoms with van der Waals surface area (Å²) in [7, 11) is 0. The maximum atomic E-state index is 11.9. The number of aromatic nitrogens is 4. The van der Waals surface area contributed by atoms with Gasteiger partial charge in [-0.2, -0.15) is 5.10 Å². The van der Waals surface area contributed by atoms with Crippen LogP contribution in [-0.2, 0) is 11.2 Å². The first kappa shape index (κ1) is 18.3. The Labute approximate surface area is 173 Å². The van der Waals surface area contributed by atoms with Gasteiger partial charge in [0.25, 0.3) is 0 Å². The van der Waals surface area contributed by atoms with E-state index in [1.165, 1.54) is 18.0 Å². The highest BCUT2D eigenvalue weighted by Gasteiger charge is 2.33. The number of carbonyl (C=O) groups excluding carboxylic acids is 1. The fourth-order valence-corrected chi connectivity index (χ4v) is 4.65. The zero-order valence-corrected chi connectivity index (χ0v) is 16.7. The van der Waals surface area contributed by atoms with Crippen molar-refractivity contribution in [3.8, 4) is 11.1 Å². The van der Waals surface area contributed by atoms with Gasteiger partial charge in [0, 0.05) is 40.9 Å². The lowest BCUT2D eigenvalue weighted by Crippen LogP contribution is -2.39. The van der Waals surface area contributed by atoms with Gasteiger partial charge in [0.1, 0.15) is 11.8 Å². The molecule has 0 fully saturated rings. The molecule has 2 atom stereocenters. The summed E-state index contributed by atoms with van der Waals surface area (Å²) in [5.41, 5.74) is 12.3. The molecule has 7 nitrogen and oxygen atoms in total. The Hall–Kier alpha value is -3.74. The molecule has 3 heterocycles. The fraction of sp³-hybridized carbons (Fsp3) is 0.217. The molecule has 0 saturated heterocycles. The summed E-state index contributed by atoms with van der Waals surface area (Å²) in [5, 5.41) is 8.61. The van der Waals surface area contributed by atoms with Gasteiger partial charge < -0.3 is 11.1 Å². The third-order valence-electron chi connectivity index (χ3n) is 5.87. The molecule has 1 amide bonds. The largest absolute Gasteiger partial charge is 0.382 e. The first-order valence-corrected chi connectivity index (χ1v) is 9.99. The Morgan fingerprint density at radius 2 is 2.17 bits per heavy atom. The molecule has 1 aliphatic rings. The van der Waals surface area contributed by atoms with Crippen molar-refractivity contribution < 1.29 is 4.79 Å². The molecule has 3 aromatic heterocycles. The summed E-state index contributed by atoms with van der Waals surface area (Å²) in [6, 6.07) is 10.2. The van der Waals surface area contributed by atoms with E-state index in [9.17, 15) is 4.79 Å². The third kappa shape index (κ3) is 2.82. The van der Waals surface area contributed by atoms with Crippen molar-refractivity contribution in [3.05, 3.63) is 66.8 Å². The zero-order chi connectivity index (χ0) is 20.8. The van der Waals surface area contributed by atoms with Crippen LogP contribution < -0.4 is 11.1 Å². The Morgan fingerprint density at radius 1 is 1.33 bits per heavy atom. The number of amides is 1. The molecule has 0 saturated carbocycles. The summed E-state index contributed by atoms with van der Waals surface area (Å²) in [6.45, 7) is 5.73. The van der Waals surface area contributed by atoms with Crippen molar-refractivity contribution in [3.63, 3.8) is 0 Å². The van der Waals surface area contributed by atoms with Crippen LogP contribution >= 0.6 is 0 Å². The van der Waals surface area contributed by atoms with Crippen molar-refractivity contribution >= 4 is 28.1 Å². The number of nitrogens with two attached hydrogens (primary N) is 1. The number of hydrogen-bond donors (Lipinski definition) is 2. The van der Waals surface area contributed by atoms with E-state index in [4.69, 9.17) is 5.73 Å². The van der Waals surface area contributed by atoms with Gasteiger partial charge in [-0.3, -0.25) is 9.78 Å². The van der Waals surface area contributed by atoms with E-state index in [0.29, 0.717) is 12.2 Å². The van der Waals surface area contributed by atoms with E-state index in [2.05, 4.69) is 46.0 Å². The molecule has 0 radical (unpaired) electrons. The van der Waals surface area contributed by atoms with Gasteiger partial charge in [0.15, 0.2) is 5.82 Å². The number of benzene rings is 1. The smallest absolute Gasteiger partial charge is 0.243 e. The summed E-state index contributed by atoms with van der Waals surface area (Å²) >= 11 is 0. The molecule has 7 heteroatoms. The molecule has 30 heavy (non-hydrogen) atoms. The van der Waals surface area contributed by atoms with Crippen LogP contribution in [0.1, 0.15) is 30.5 Å². The first-order valence-electron chi connectivity index (χ1n) is 9.99. The number of nitrogens with one attached hydrogen (secondary N) is 1. The summed E-state index contributed by atoms with van der Waals surface area (Å²) in [5.74, 6) is 0.470. The van der Waals surface area contributed by atoms with Gasteiger partial charge in [-0.1, -0.05) is 31.7 Å². The molecule has 3 N–H and O–H groups in total. The predicted octanol–water partition coefficient (Wildman–Crippen LogP) is 3.25. The van der Waals surface area contributed by atoms with Crippen LogP contribution in [-0.4, -0.2) is 31.5 Å². The van der Waals surface area contributed by atoms with Gasteiger partial charge in [-0.15, -0.1) is 0 Å². The van der Waals surface area contributed by atoms with Crippen molar-refractivity contribution in [2.24, 2.45) is 0 Å². The zero-order valence-electron chi connectivity index (χ0n) is 16.7. The van der Waals surface area contributed by atoms with Crippen LogP contribution in [0.15, 0.2) is 55.5 Å². The highest BCUT2D eigenvalue weighted by atomic mass is 16.1. The van der Waals surface area contributed by atoms with Crippen LogP contribution in [0, 0.1) is 0 Å². The molecule has 150 valence electrons. The van der Waals surface area contributed by atoms with Crippen molar-refractivity contribution in [1.29, 1.82) is 0 Å². The van der Waals surface area contributed by atoms with Crippen LogP contribution in [0.25, 0.3) is 27.5 Å². The van der Waals surface area contributed by atoms with Crippen LogP contribution in [0.3, 0.4) is 0 Å². The third-order valence-corrected chi connectivity index (χ3v) is 5.87. The average molecular weight is 398 g/mol. The number of fused-ring (bicyclic) bond motifs is 4. The number of hydrogen-bond acceptors (Lipinski definition) is 5. The van der Waals surface area contributed by atoms with Gasteiger partial charge in [0.2, 0.25) is 5.91 Å². The average Bonchev–Trinajstić information content (AvgIpc) is 3.09. The molecule has 0 bridgehead atoms. The first-order chi connectivity index (χ1) is 14.6. The summed E-state index contributed by atoms with van der Waals surface area (Å²) in [6.07, 6.45) is 6.16. The lowest BCUT2D eigenvalue weighted by Gasteiger charge is -2.28. The number of anilines is 1. The van der Waals surface area contributed by atoms with Crippen LogP contribution in [0.2, 0.25) is 0 Å². The highest BCUT2D eigenvalue weighted by molar-refractivity contribution is 5.94. The SMILES string of the molecule is C=CC(=O)NC1Cc2c(c(-c3cnc4ccccc4c3)c3c(N)ncnn23)[C@@H](C)C1. The van der Waals surface area contributed by atoms with Gasteiger partial charge in [-0.25, -0.2) is 9.50 Å². The molecule has 4 aromatic rings. The van der Waals surface area contributed by atoms with E-state index in [1.807, 2.05) is 28.9 Å². The molecule has 0 aliphatic heterocycles. The number of rotatable bonds is 3. The van der Waals surface area contributed by atoms with Gasteiger partial charge >= 0.3 is 0 Å². The van der Waals surface area contributed by atoms with Gasteiger partial charge in [0.05, 0.1) is 5.52 Å². The Balaban J connectivity index is 1.74. The molecule has 0 spiro atoms. The second-order valence-corrected chi connectivity index (χ2v) is 7.81. The molecule has 1 aromatic carbocycles. The lowest BCUT2D eigenvalue weighted by molar-refractivity contribution is -0.117. The van der Waals surface area contributed by atoms with E-state index < -0.39 is 0 Å². The number of nitrogens with zero attached hydrogens (tertiary/aromatic N) is 4. The number of carbonyl (C=O) groups is 1. The Kier molecular flexibility index (Phi) is 4.24. The van der Waals surface area contributed by atoms with Crippen molar-refractivity contribution in [1.82, 2.24) is 24.9 Å². The Bertz CT molecular complexity index is 1310. The van der Waals surface area contributed by atoms with Crippen molar-refractivity contribution in [2.75, 3.05) is 5.73 Å². The molecule has 5 rings (SSSR count). The molecular weight excluding hydrogens is 376 g/mol. The van der Waals surface area contributed by atoms with Crippen molar-refractivity contribution in [2.45, 2.75) is 31.7 Å². The van der Waals surface area contributed by atoms with Gasteiger partial charge in [-0.05, 0) is 36.1 Å². The van der Waals surface area contributed by atoms with Crippen LogP contribution in [0.5, 0.6) is 0 Å². The maximum Gasteiger partial charge on any atom is 0.243 e. The maximum absolute atomic E-state index is 11.9. The number of pyridine rings is 1. The minimum atomic E-state index is -0.162. The van der Waals surface area contributed by atoms with E-state index in [-0.39, 0.29) is 17.9 Å². The normalized spacial score (nSPS) is 18.3. The summed E-state index contributed by atoms with van der Waals surface area (Å²) in [4.78, 5) is 20.8. The van der Waals surface area contributed by atoms with E-state index in [1.54, 1.807) is 0 Å². The second-order valence-electron chi connectivity index (χ2n) is 7.81. The Morgan fingerprint density at radius 3 is 3.00 bits per heavy atom.